The summed E-state index contributed by atoms with van der Waals surface area (Å²) in [6, 6.07) is 4.35. The fourth-order valence-electron chi connectivity index (χ4n) is 1.97. The normalized spacial score (nSPS) is 11.2. The lowest BCUT2D eigenvalue weighted by molar-refractivity contribution is 0.707. The number of hydrogen-bond donors (Lipinski definition) is 0. The molecule has 2 aromatic heterocycles. The van der Waals surface area contributed by atoms with Gasteiger partial charge in [-0.2, -0.15) is 0 Å². The second kappa shape index (κ2) is 5.85. The molecular weight excluding hydrogens is 314 g/mol. The van der Waals surface area contributed by atoms with Crippen LogP contribution in [0.25, 0.3) is 11.0 Å². The molecule has 0 radical (unpaired) electrons. The largest absolute Gasteiger partial charge is 0.366 e. The van der Waals surface area contributed by atoms with Crippen LogP contribution in [0.4, 0.5) is 5.69 Å². The van der Waals surface area contributed by atoms with Crippen molar-refractivity contribution in [2.24, 2.45) is 0 Å². The molecule has 96 valence electrons. The molecule has 2 aromatic rings. The van der Waals surface area contributed by atoms with Crippen LogP contribution in [0.3, 0.4) is 0 Å². The van der Waals surface area contributed by atoms with Crippen molar-refractivity contribution in [1.29, 1.82) is 0 Å². The van der Waals surface area contributed by atoms with E-state index in [2.05, 4.69) is 44.6 Å². The highest BCUT2D eigenvalue weighted by molar-refractivity contribution is 9.10. The second-order valence-corrected chi connectivity index (χ2v) is 5.62. The Morgan fingerprint density at radius 3 is 2.83 bits per heavy atom. The first kappa shape index (κ1) is 13.6. The van der Waals surface area contributed by atoms with Crippen LogP contribution in [0.1, 0.15) is 13.8 Å². The zero-order chi connectivity index (χ0) is 13.1. The number of alkyl halides is 1. The summed E-state index contributed by atoms with van der Waals surface area (Å²) < 4.78 is 0.938. The number of anilines is 1. The summed E-state index contributed by atoms with van der Waals surface area (Å²) in [6.07, 6.45) is 3.61. The van der Waals surface area contributed by atoms with E-state index in [0.29, 0.717) is 11.9 Å². The summed E-state index contributed by atoms with van der Waals surface area (Å²) in [5.74, 6) is 0.596. The Bertz CT molecular complexity index is 545. The number of hydrogen-bond acceptors (Lipinski definition) is 3. The van der Waals surface area contributed by atoms with Crippen LogP contribution in [0, 0.1) is 0 Å². The van der Waals surface area contributed by atoms with Crippen LogP contribution < -0.4 is 4.90 Å². The average Bonchev–Trinajstić information content (AvgIpc) is 2.34. The third-order valence-corrected chi connectivity index (χ3v) is 3.38. The van der Waals surface area contributed by atoms with Crippen molar-refractivity contribution < 1.29 is 0 Å². The molecule has 0 atom stereocenters. The summed E-state index contributed by atoms with van der Waals surface area (Å²) >= 11 is 9.30. The first-order valence-corrected chi connectivity index (χ1v) is 7.19. The van der Waals surface area contributed by atoms with Crippen LogP contribution in [0.2, 0.25) is 0 Å². The summed E-state index contributed by atoms with van der Waals surface area (Å²) in [5.41, 5.74) is 2.89. The molecule has 0 aliphatic carbocycles. The van der Waals surface area contributed by atoms with E-state index in [-0.39, 0.29) is 0 Å². The van der Waals surface area contributed by atoms with Gasteiger partial charge < -0.3 is 4.90 Å². The third kappa shape index (κ3) is 2.75. The third-order valence-electron chi connectivity index (χ3n) is 2.78. The predicted octanol–water partition coefficient (Wildman–Crippen LogP) is 3.85. The number of fused-ring (bicyclic) bond motifs is 1. The molecule has 18 heavy (non-hydrogen) atoms. The van der Waals surface area contributed by atoms with Crippen molar-refractivity contribution in [3.05, 3.63) is 29.0 Å². The van der Waals surface area contributed by atoms with Gasteiger partial charge in [0.25, 0.3) is 0 Å². The smallest absolute Gasteiger partial charge is 0.112 e. The van der Waals surface area contributed by atoms with Crippen LogP contribution in [0.15, 0.2) is 29.0 Å². The van der Waals surface area contributed by atoms with Crippen molar-refractivity contribution in [2.75, 3.05) is 17.3 Å². The summed E-state index contributed by atoms with van der Waals surface area (Å²) in [7, 11) is 0. The quantitative estimate of drug-likeness (QED) is 0.798. The second-order valence-electron chi connectivity index (χ2n) is 4.33. The van der Waals surface area contributed by atoms with Gasteiger partial charge in [0, 0.05) is 35.3 Å². The van der Waals surface area contributed by atoms with Crippen LogP contribution in [-0.2, 0) is 0 Å². The van der Waals surface area contributed by atoms with E-state index in [1.54, 1.807) is 6.20 Å². The van der Waals surface area contributed by atoms with Gasteiger partial charge in [0.1, 0.15) is 5.52 Å². The monoisotopic (exact) mass is 327 g/mol. The van der Waals surface area contributed by atoms with E-state index < -0.39 is 0 Å². The molecule has 2 rings (SSSR count). The molecular formula is C13H15BrClN3. The fourth-order valence-corrected chi connectivity index (χ4v) is 2.47. The fraction of sp³-hybridized carbons (Fsp3) is 0.385. The van der Waals surface area contributed by atoms with Crippen LogP contribution in [0.5, 0.6) is 0 Å². The van der Waals surface area contributed by atoms with E-state index in [1.807, 2.05) is 18.3 Å². The molecule has 0 N–H and O–H groups in total. The van der Waals surface area contributed by atoms with Crippen LogP contribution >= 0.6 is 27.5 Å². The van der Waals surface area contributed by atoms with E-state index >= 15 is 0 Å². The SMILES string of the molecule is CC(C)N(CCCl)c1ccnc2cc(Br)cnc12. The molecule has 0 amide bonds. The Kier molecular flexibility index (Phi) is 4.40. The zero-order valence-electron chi connectivity index (χ0n) is 10.4. The molecule has 0 fully saturated rings. The minimum atomic E-state index is 0.375. The first-order valence-electron chi connectivity index (χ1n) is 5.86. The highest BCUT2D eigenvalue weighted by Crippen LogP contribution is 2.26. The molecule has 0 unspecified atom stereocenters. The number of nitrogens with zero attached hydrogens (tertiary/aromatic N) is 3. The summed E-state index contributed by atoms with van der Waals surface area (Å²) in [5, 5.41) is 0. The van der Waals surface area contributed by atoms with Crippen LogP contribution in [-0.4, -0.2) is 28.4 Å². The van der Waals surface area contributed by atoms with Crippen molar-refractivity contribution >= 4 is 44.3 Å². The Hall–Kier alpha value is -0.870. The van der Waals surface area contributed by atoms with E-state index in [9.17, 15) is 0 Å². The molecule has 0 aliphatic heterocycles. The Morgan fingerprint density at radius 1 is 1.39 bits per heavy atom. The molecule has 3 nitrogen and oxygen atoms in total. The minimum absolute atomic E-state index is 0.375. The van der Waals surface area contributed by atoms with E-state index in [4.69, 9.17) is 11.6 Å². The highest BCUT2D eigenvalue weighted by Gasteiger charge is 2.14. The maximum Gasteiger partial charge on any atom is 0.112 e. The standard InChI is InChI=1S/C13H15BrClN3/c1-9(2)18(6-4-15)12-3-5-16-11-7-10(14)8-17-13(11)12/h3,5,7-9H,4,6H2,1-2H3. The molecule has 5 heteroatoms. The van der Waals surface area contributed by atoms with Gasteiger partial charge in [-0.05, 0) is 41.9 Å². The number of halogens is 2. The van der Waals surface area contributed by atoms with Gasteiger partial charge in [-0.25, -0.2) is 0 Å². The predicted molar refractivity (Wildman–Crippen MR) is 80.4 cm³/mol. The average molecular weight is 329 g/mol. The van der Waals surface area contributed by atoms with E-state index in [1.165, 1.54) is 0 Å². The summed E-state index contributed by atoms with van der Waals surface area (Å²) in [6.45, 7) is 5.10. The molecule has 2 heterocycles. The van der Waals surface area contributed by atoms with Crippen molar-refractivity contribution in [1.82, 2.24) is 9.97 Å². The minimum Gasteiger partial charge on any atom is -0.366 e. The van der Waals surface area contributed by atoms with Crippen molar-refractivity contribution in [2.45, 2.75) is 19.9 Å². The van der Waals surface area contributed by atoms with Gasteiger partial charge in [0.15, 0.2) is 0 Å². The van der Waals surface area contributed by atoms with Gasteiger partial charge in [0.05, 0.1) is 11.2 Å². The lowest BCUT2D eigenvalue weighted by Gasteiger charge is -2.28. The van der Waals surface area contributed by atoms with Gasteiger partial charge in [-0.1, -0.05) is 0 Å². The summed E-state index contributed by atoms with van der Waals surface area (Å²) in [4.78, 5) is 11.1. The maximum atomic E-state index is 5.88. The van der Waals surface area contributed by atoms with Gasteiger partial charge in [-0.15, -0.1) is 11.6 Å². The lowest BCUT2D eigenvalue weighted by Crippen LogP contribution is -2.32. The molecule has 0 bridgehead atoms. The topological polar surface area (TPSA) is 29.0 Å². The lowest BCUT2D eigenvalue weighted by atomic mass is 10.2. The number of pyridine rings is 2. The zero-order valence-corrected chi connectivity index (χ0v) is 12.7. The highest BCUT2D eigenvalue weighted by atomic mass is 79.9. The van der Waals surface area contributed by atoms with Crippen molar-refractivity contribution in [3.8, 4) is 0 Å². The van der Waals surface area contributed by atoms with Gasteiger partial charge in [-0.3, -0.25) is 9.97 Å². The Morgan fingerprint density at radius 2 is 2.17 bits per heavy atom. The molecule has 0 aromatic carbocycles. The molecule has 0 aliphatic rings. The Balaban J connectivity index is 2.55. The first-order chi connectivity index (χ1) is 8.63. The molecule has 0 saturated heterocycles. The maximum absolute atomic E-state index is 5.88. The van der Waals surface area contributed by atoms with Gasteiger partial charge >= 0.3 is 0 Å². The molecule has 0 saturated carbocycles. The van der Waals surface area contributed by atoms with Crippen molar-refractivity contribution in [3.63, 3.8) is 0 Å². The number of aromatic nitrogens is 2. The number of rotatable bonds is 4. The Labute approximate surface area is 120 Å². The molecule has 0 spiro atoms. The van der Waals surface area contributed by atoms with Gasteiger partial charge in [0.2, 0.25) is 0 Å². The van der Waals surface area contributed by atoms with E-state index in [0.717, 1.165) is 27.7 Å².